The van der Waals surface area contributed by atoms with Gasteiger partial charge in [-0.15, -0.1) is 0 Å². The number of anilines is 2. The van der Waals surface area contributed by atoms with Gasteiger partial charge in [0.05, 0.1) is 18.6 Å². The molecule has 0 saturated carbocycles. The molecule has 0 aliphatic rings. The van der Waals surface area contributed by atoms with Crippen LogP contribution in [0.1, 0.15) is 21.5 Å². The van der Waals surface area contributed by atoms with Crippen molar-refractivity contribution in [3.05, 3.63) is 59.2 Å². The van der Waals surface area contributed by atoms with Gasteiger partial charge < -0.3 is 10.1 Å². The molecule has 7 heteroatoms. The van der Waals surface area contributed by atoms with E-state index in [0.717, 1.165) is 17.4 Å². The van der Waals surface area contributed by atoms with Crippen molar-refractivity contribution < 1.29 is 17.9 Å². The van der Waals surface area contributed by atoms with Crippen LogP contribution in [0.3, 0.4) is 0 Å². The van der Waals surface area contributed by atoms with Gasteiger partial charge in [0.2, 0.25) is 10.0 Å². The maximum Gasteiger partial charge on any atom is 0.255 e. The van der Waals surface area contributed by atoms with Crippen molar-refractivity contribution in [2.75, 3.05) is 23.4 Å². The summed E-state index contributed by atoms with van der Waals surface area (Å²) >= 11 is 0. The van der Waals surface area contributed by atoms with Crippen molar-refractivity contribution in [3.63, 3.8) is 0 Å². The van der Waals surface area contributed by atoms with Gasteiger partial charge in [0.1, 0.15) is 0 Å². The summed E-state index contributed by atoms with van der Waals surface area (Å²) in [4.78, 5) is 12.4. The molecule has 1 amide bonds. The molecule has 0 aliphatic heterocycles. The van der Waals surface area contributed by atoms with E-state index in [1.54, 1.807) is 32.2 Å². The fourth-order valence-electron chi connectivity index (χ4n) is 2.18. The zero-order chi connectivity index (χ0) is 17.7. The average molecular weight is 348 g/mol. The molecule has 0 unspecified atom stereocenters. The molecule has 0 heterocycles. The van der Waals surface area contributed by atoms with Crippen molar-refractivity contribution in [1.29, 1.82) is 0 Å². The van der Waals surface area contributed by atoms with Gasteiger partial charge in [-0.2, -0.15) is 0 Å². The first-order valence-corrected chi connectivity index (χ1v) is 9.15. The van der Waals surface area contributed by atoms with Crippen molar-refractivity contribution >= 4 is 27.3 Å². The van der Waals surface area contributed by atoms with Gasteiger partial charge in [-0.05, 0) is 42.3 Å². The van der Waals surface area contributed by atoms with E-state index < -0.39 is 10.0 Å². The molecule has 0 spiro atoms. The Morgan fingerprint density at radius 2 is 1.92 bits per heavy atom. The van der Waals surface area contributed by atoms with Crippen LogP contribution in [-0.4, -0.2) is 27.7 Å². The number of carbonyl (C=O) groups excluding carboxylic acids is 1. The lowest BCUT2D eigenvalue weighted by molar-refractivity contribution is 0.102. The second-order valence-corrected chi connectivity index (χ2v) is 7.24. The number of carbonyl (C=O) groups is 1. The molecular formula is C17H20N2O4S. The van der Waals surface area contributed by atoms with Gasteiger partial charge in [-0.1, -0.05) is 18.2 Å². The SMILES string of the molecule is COCc1cccc(NC(=O)c2ccc(C)c(NS(C)(=O)=O)c2)c1. The number of hydrogen-bond donors (Lipinski definition) is 2. The lowest BCUT2D eigenvalue weighted by Gasteiger charge is -2.11. The maximum atomic E-state index is 12.4. The molecule has 2 rings (SSSR count). The van der Waals surface area contributed by atoms with E-state index >= 15 is 0 Å². The van der Waals surface area contributed by atoms with E-state index in [1.165, 1.54) is 6.07 Å². The minimum atomic E-state index is -3.41. The van der Waals surface area contributed by atoms with Gasteiger partial charge in [-0.3, -0.25) is 9.52 Å². The Morgan fingerprint density at radius 3 is 2.58 bits per heavy atom. The number of benzene rings is 2. The van der Waals surface area contributed by atoms with Crippen LogP contribution >= 0.6 is 0 Å². The number of amides is 1. The van der Waals surface area contributed by atoms with E-state index in [9.17, 15) is 13.2 Å². The van der Waals surface area contributed by atoms with Gasteiger partial charge in [0, 0.05) is 18.4 Å². The molecule has 0 aliphatic carbocycles. The third-order valence-electron chi connectivity index (χ3n) is 3.29. The first-order valence-electron chi connectivity index (χ1n) is 7.26. The molecule has 0 saturated heterocycles. The van der Waals surface area contributed by atoms with Crippen LogP contribution in [-0.2, 0) is 21.4 Å². The van der Waals surface area contributed by atoms with Crippen molar-refractivity contribution in [3.8, 4) is 0 Å². The number of ether oxygens (including phenoxy) is 1. The highest BCUT2D eigenvalue weighted by Gasteiger charge is 2.11. The standard InChI is InChI=1S/C17H20N2O4S/c1-12-7-8-14(10-16(12)19-24(3,21)22)17(20)18-15-6-4-5-13(9-15)11-23-2/h4-10,19H,11H2,1-3H3,(H,18,20). The van der Waals surface area contributed by atoms with Gasteiger partial charge in [-0.25, -0.2) is 8.42 Å². The molecule has 2 aromatic carbocycles. The fraction of sp³-hybridized carbons (Fsp3) is 0.235. The predicted molar refractivity (Wildman–Crippen MR) is 94.8 cm³/mol. The molecule has 6 nitrogen and oxygen atoms in total. The lowest BCUT2D eigenvalue weighted by atomic mass is 10.1. The first-order chi connectivity index (χ1) is 11.3. The topological polar surface area (TPSA) is 84.5 Å². The minimum Gasteiger partial charge on any atom is -0.380 e. The van der Waals surface area contributed by atoms with E-state index in [0.29, 0.717) is 23.5 Å². The van der Waals surface area contributed by atoms with E-state index in [4.69, 9.17) is 4.74 Å². The largest absolute Gasteiger partial charge is 0.380 e. The fourth-order valence-corrected chi connectivity index (χ4v) is 2.80. The monoisotopic (exact) mass is 348 g/mol. The Labute approximate surface area is 141 Å². The molecule has 0 bridgehead atoms. The van der Waals surface area contributed by atoms with E-state index in [1.807, 2.05) is 18.2 Å². The quantitative estimate of drug-likeness (QED) is 0.841. The summed E-state index contributed by atoms with van der Waals surface area (Å²) in [7, 11) is -1.80. The van der Waals surface area contributed by atoms with Crippen molar-refractivity contribution in [2.24, 2.45) is 0 Å². The maximum absolute atomic E-state index is 12.4. The van der Waals surface area contributed by atoms with E-state index in [2.05, 4.69) is 10.0 Å². The summed E-state index contributed by atoms with van der Waals surface area (Å²) in [6.07, 6.45) is 1.07. The number of nitrogens with one attached hydrogen (secondary N) is 2. The van der Waals surface area contributed by atoms with Crippen LogP contribution in [0.2, 0.25) is 0 Å². The Morgan fingerprint density at radius 1 is 1.17 bits per heavy atom. The zero-order valence-corrected chi connectivity index (χ0v) is 14.6. The number of aryl methyl sites for hydroxylation is 1. The normalized spacial score (nSPS) is 11.1. The summed E-state index contributed by atoms with van der Waals surface area (Å²) in [5, 5.41) is 2.79. The van der Waals surface area contributed by atoms with E-state index in [-0.39, 0.29) is 5.91 Å². The highest BCUT2D eigenvalue weighted by atomic mass is 32.2. The van der Waals surface area contributed by atoms with Crippen LogP contribution in [0.15, 0.2) is 42.5 Å². The van der Waals surface area contributed by atoms with Crippen molar-refractivity contribution in [2.45, 2.75) is 13.5 Å². The number of rotatable bonds is 6. The van der Waals surface area contributed by atoms with Gasteiger partial charge >= 0.3 is 0 Å². The highest BCUT2D eigenvalue weighted by molar-refractivity contribution is 7.92. The summed E-state index contributed by atoms with van der Waals surface area (Å²) in [5.74, 6) is -0.318. The van der Waals surface area contributed by atoms with Crippen LogP contribution in [0.25, 0.3) is 0 Å². The van der Waals surface area contributed by atoms with Gasteiger partial charge in [0.15, 0.2) is 0 Å². The molecule has 128 valence electrons. The lowest BCUT2D eigenvalue weighted by Crippen LogP contribution is -2.14. The van der Waals surface area contributed by atoms with Crippen LogP contribution < -0.4 is 10.0 Å². The molecule has 0 fully saturated rings. The molecule has 0 radical (unpaired) electrons. The summed E-state index contributed by atoms with van der Waals surface area (Å²) in [6, 6.07) is 12.2. The Balaban J connectivity index is 2.21. The smallest absolute Gasteiger partial charge is 0.255 e. The summed E-state index contributed by atoms with van der Waals surface area (Å²) < 4.78 is 30.3. The second-order valence-electron chi connectivity index (χ2n) is 5.49. The van der Waals surface area contributed by atoms with Crippen LogP contribution in [0.5, 0.6) is 0 Å². The molecule has 0 atom stereocenters. The summed E-state index contributed by atoms with van der Waals surface area (Å²) in [5.41, 5.74) is 3.08. The summed E-state index contributed by atoms with van der Waals surface area (Å²) in [6.45, 7) is 2.22. The van der Waals surface area contributed by atoms with Crippen molar-refractivity contribution in [1.82, 2.24) is 0 Å². The molecule has 0 aromatic heterocycles. The first kappa shape index (κ1) is 18.0. The Hall–Kier alpha value is -2.38. The number of methoxy groups -OCH3 is 1. The second kappa shape index (κ2) is 7.46. The highest BCUT2D eigenvalue weighted by Crippen LogP contribution is 2.19. The predicted octanol–water partition coefficient (Wildman–Crippen LogP) is 2.77. The Kier molecular flexibility index (Phi) is 5.58. The average Bonchev–Trinajstić information content (AvgIpc) is 2.49. The van der Waals surface area contributed by atoms with Gasteiger partial charge in [0.25, 0.3) is 5.91 Å². The third-order valence-corrected chi connectivity index (χ3v) is 3.88. The molecular weight excluding hydrogens is 328 g/mol. The molecule has 24 heavy (non-hydrogen) atoms. The number of sulfonamides is 1. The number of hydrogen-bond acceptors (Lipinski definition) is 4. The molecule has 2 aromatic rings. The van der Waals surface area contributed by atoms with Crippen LogP contribution in [0.4, 0.5) is 11.4 Å². The third kappa shape index (κ3) is 5.07. The Bertz CT molecular complexity index is 847. The molecule has 2 N–H and O–H groups in total. The van der Waals surface area contributed by atoms with Crippen LogP contribution in [0, 0.1) is 6.92 Å². The minimum absolute atomic E-state index is 0.318. The zero-order valence-electron chi connectivity index (χ0n) is 13.8.